The van der Waals surface area contributed by atoms with Crippen LogP contribution in [0, 0.1) is 0 Å². The number of hydrogen-bond acceptors (Lipinski definition) is 3. The second-order valence-electron chi connectivity index (χ2n) is 2.93. The summed E-state index contributed by atoms with van der Waals surface area (Å²) in [4.78, 5) is 10.5. The quantitative estimate of drug-likeness (QED) is 0.645. The molecule has 4 nitrogen and oxygen atoms in total. The Labute approximate surface area is 71.0 Å². The summed E-state index contributed by atoms with van der Waals surface area (Å²) in [5.41, 5.74) is 4.98. The van der Waals surface area contributed by atoms with Gasteiger partial charge in [-0.1, -0.05) is 6.92 Å². The molecule has 1 unspecified atom stereocenters. The number of carboxylic acid groups (broad SMARTS) is 1. The molecule has 0 aliphatic carbocycles. The van der Waals surface area contributed by atoms with Gasteiger partial charge in [0, 0.05) is 6.42 Å². The number of rotatable bonds is 2. The lowest BCUT2D eigenvalue weighted by atomic mass is 10.0. The molecule has 0 amide bonds. The maximum absolute atomic E-state index is 10.5. The normalized spacial score (nSPS) is 29.0. The Kier molecular flexibility index (Phi) is 2.38. The van der Waals surface area contributed by atoms with E-state index in [1.807, 2.05) is 6.92 Å². The van der Waals surface area contributed by atoms with E-state index in [-0.39, 0.29) is 5.76 Å². The lowest BCUT2D eigenvalue weighted by Crippen LogP contribution is -2.44. The summed E-state index contributed by atoms with van der Waals surface area (Å²) in [6.45, 7) is 1.88. The van der Waals surface area contributed by atoms with Gasteiger partial charge in [0.05, 0.1) is 0 Å². The van der Waals surface area contributed by atoms with Crippen molar-refractivity contribution in [1.29, 1.82) is 0 Å². The van der Waals surface area contributed by atoms with Crippen molar-refractivity contribution in [3.8, 4) is 0 Å². The van der Waals surface area contributed by atoms with Crippen LogP contribution in [0.25, 0.3) is 0 Å². The molecule has 0 radical (unpaired) electrons. The fourth-order valence-electron chi connectivity index (χ4n) is 1.14. The van der Waals surface area contributed by atoms with E-state index >= 15 is 0 Å². The molecule has 1 heterocycles. The average Bonchev–Trinajstić information content (AvgIpc) is 2.05. The number of aliphatic carboxylic acids is 1. The van der Waals surface area contributed by atoms with Crippen LogP contribution in [-0.2, 0) is 9.53 Å². The Morgan fingerprint density at radius 2 is 2.58 bits per heavy atom. The highest BCUT2D eigenvalue weighted by Gasteiger charge is 2.30. The van der Waals surface area contributed by atoms with Crippen molar-refractivity contribution in [2.24, 2.45) is 5.73 Å². The number of nitrogens with two attached hydrogens (primary N) is 1. The molecule has 0 aromatic carbocycles. The molecule has 1 aliphatic rings. The smallest absolute Gasteiger partial charge is 0.370 e. The molecule has 68 valence electrons. The first-order valence-corrected chi connectivity index (χ1v) is 3.99. The lowest BCUT2D eigenvalue weighted by Gasteiger charge is -2.32. The van der Waals surface area contributed by atoms with E-state index in [0.29, 0.717) is 19.3 Å². The molecule has 0 fully saturated rings. The van der Waals surface area contributed by atoms with Crippen LogP contribution in [0.3, 0.4) is 0 Å². The molecular weight excluding hydrogens is 158 g/mol. The molecule has 0 saturated carbocycles. The van der Waals surface area contributed by atoms with Crippen LogP contribution in [0.15, 0.2) is 11.8 Å². The van der Waals surface area contributed by atoms with Gasteiger partial charge in [-0.3, -0.25) is 5.73 Å². The van der Waals surface area contributed by atoms with E-state index in [9.17, 15) is 4.79 Å². The number of carboxylic acids is 1. The Hall–Kier alpha value is -1.03. The van der Waals surface area contributed by atoms with Crippen molar-refractivity contribution in [1.82, 2.24) is 0 Å². The van der Waals surface area contributed by atoms with Crippen LogP contribution in [-0.4, -0.2) is 16.8 Å². The third-order valence-electron chi connectivity index (χ3n) is 2.02. The van der Waals surface area contributed by atoms with Gasteiger partial charge in [0.2, 0.25) is 5.76 Å². The van der Waals surface area contributed by atoms with Crippen LogP contribution >= 0.6 is 0 Å². The molecule has 3 N–H and O–H groups in total. The van der Waals surface area contributed by atoms with Crippen LogP contribution < -0.4 is 5.73 Å². The molecule has 0 saturated heterocycles. The minimum Gasteiger partial charge on any atom is -0.475 e. The number of carbonyl (C=O) groups is 1. The Morgan fingerprint density at radius 1 is 1.92 bits per heavy atom. The highest BCUT2D eigenvalue weighted by Crippen LogP contribution is 2.25. The number of ether oxygens (including phenoxy) is 1. The summed E-state index contributed by atoms with van der Waals surface area (Å²) in [5.74, 6) is -1.07. The zero-order chi connectivity index (χ0) is 9.19. The fraction of sp³-hybridized carbons (Fsp3) is 0.625. The van der Waals surface area contributed by atoms with E-state index in [4.69, 9.17) is 15.6 Å². The summed E-state index contributed by atoms with van der Waals surface area (Å²) in [5, 5.41) is 8.62. The van der Waals surface area contributed by atoms with Crippen LogP contribution in [0.2, 0.25) is 0 Å². The highest BCUT2D eigenvalue weighted by molar-refractivity contribution is 5.84. The second kappa shape index (κ2) is 3.15. The van der Waals surface area contributed by atoms with Crippen molar-refractivity contribution >= 4 is 5.97 Å². The predicted octanol–water partition coefficient (Wildman–Crippen LogP) is 0.830. The topological polar surface area (TPSA) is 72.6 Å². The summed E-state index contributed by atoms with van der Waals surface area (Å²) < 4.78 is 5.12. The van der Waals surface area contributed by atoms with E-state index < -0.39 is 11.7 Å². The van der Waals surface area contributed by atoms with Gasteiger partial charge in [0.25, 0.3) is 0 Å². The minimum atomic E-state index is -1.04. The van der Waals surface area contributed by atoms with Gasteiger partial charge in [-0.25, -0.2) is 4.79 Å². The molecule has 0 bridgehead atoms. The molecule has 1 rings (SSSR count). The third kappa shape index (κ3) is 1.76. The van der Waals surface area contributed by atoms with Crippen molar-refractivity contribution in [3.63, 3.8) is 0 Å². The van der Waals surface area contributed by atoms with Crippen molar-refractivity contribution in [2.75, 3.05) is 0 Å². The molecule has 12 heavy (non-hydrogen) atoms. The first kappa shape index (κ1) is 9.06. The second-order valence-corrected chi connectivity index (χ2v) is 2.93. The van der Waals surface area contributed by atoms with Crippen molar-refractivity contribution < 1.29 is 14.6 Å². The van der Waals surface area contributed by atoms with Gasteiger partial charge in [0.15, 0.2) is 5.72 Å². The monoisotopic (exact) mass is 171 g/mol. The van der Waals surface area contributed by atoms with Gasteiger partial charge >= 0.3 is 5.97 Å². The molecule has 0 aromatic rings. The maximum Gasteiger partial charge on any atom is 0.370 e. The predicted molar refractivity (Wildman–Crippen MR) is 43.2 cm³/mol. The van der Waals surface area contributed by atoms with Gasteiger partial charge < -0.3 is 9.84 Å². The van der Waals surface area contributed by atoms with Crippen LogP contribution in [0.5, 0.6) is 0 Å². The van der Waals surface area contributed by atoms with Crippen LogP contribution in [0.4, 0.5) is 0 Å². The van der Waals surface area contributed by atoms with Crippen LogP contribution in [0.1, 0.15) is 26.2 Å². The van der Waals surface area contributed by atoms with Gasteiger partial charge in [-0.2, -0.15) is 0 Å². The number of allylic oxidation sites excluding steroid dienone is 1. The molecule has 0 aromatic heterocycles. The maximum atomic E-state index is 10.5. The average molecular weight is 171 g/mol. The van der Waals surface area contributed by atoms with Crippen molar-refractivity contribution in [3.05, 3.63) is 11.8 Å². The zero-order valence-corrected chi connectivity index (χ0v) is 7.04. The van der Waals surface area contributed by atoms with Gasteiger partial charge in [0.1, 0.15) is 0 Å². The molecular formula is C8H13NO3. The summed E-state index contributed by atoms with van der Waals surface area (Å²) >= 11 is 0. The molecule has 0 spiro atoms. The molecule has 1 aliphatic heterocycles. The largest absolute Gasteiger partial charge is 0.475 e. The van der Waals surface area contributed by atoms with E-state index in [1.54, 1.807) is 6.08 Å². The zero-order valence-electron chi connectivity index (χ0n) is 7.04. The summed E-state index contributed by atoms with van der Waals surface area (Å²) in [6.07, 6.45) is 3.53. The third-order valence-corrected chi connectivity index (χ3v) is 2.02. The van der Waals surface area contributed by atoms with Crippen molar-refractivity contribution in [2.45, 2.75) is 31.9 Å². The SMILES string of the molecule is CCC1(N)CCC=C(C(=O)O)O1. The Balaban J connectivity index is 2.71. The van der Waals surface area contributed by atoms with E-state index in [0.717, 1.165) is 0 Å². The van der Waals surface area contributed by atoms with Gasteiger partial charge in [-0.15, -0.1) is 0 Å². The summed E-state index contributed by atoms with van der Waals surface area (Å²) in [6, 6.07) is 0. The Bertz CT molecular complexity index is 224. The van der Waals surface area contributed by atoms with E-state index in [2.05, 4.69) is 0 Å². The highest BCUT2D eigenvalue weighted by atomic mass is 16.5. The fourth-order valence-corrected chi connectivity index (χ4v) is 1.14. The van der Waals surface area contributed by atoms with Gasteiger partial charge in [-0.05, 0) is 18.9 Å². The van der Waals surface area contributed by atoms with E-state index in [1.165, 1.54) is 0 Å². The summed E-state index contributed by atoms with van der Waals surface area (Å²) in [7, 11) is 0. The molecule has 4 heteroatoms. The lowest BCUT2D eigenvalue weighted by molar-refractivity contribution is -0.141. The minimum absolute atomic E-state index is 0.0226. The number of hydrogen-bond donors (Lipinski definition) is 2. The standard InChI is InChI=1S/C8H13NO3/c1-2-8(9)5-3-4-6(12-8)7(10)11/h4H,2-3,5,9H2,1H3,(H,10,11). The first-order valence-electron chi connectivity index (χ1n) is 3.99. The Morgan fingerprint density at radius 3 is 3.08 bits per heavy atom. The molecule has 1 atom stereocenters. The first-order chi connectivity index (χ1) is 5.57.